The van der Waals surface area contributed by atoms with E-state index in [0.717, 1.165) is 34.0 Å². The number of aromatic nitrogens is 4. The fraction of sp³-hybridized carbons (Fsp3) is 0.217. The molecule has 7 nitrogen and oxygen atoms in total. The van der Waals surface area contributed by atoms with Gasteiger partial charge in [-0.05, 0) is 49.7 Å². The van der Waals surface area contributed by atoms with Gasteiger partial charge in [-0.2, -0.15) is 0 Å². The Morgan fingerprint density at radius 1 is 1.24 bits per heavy atom. The zero-order chi connectivity index (χ0) is 23.9. The summed E-state index contributed by atoms with van der Waals surface area (Å²) in [6, 6.07) is 9.31. The average Bonchev–Trinajstić information content (AvgIpc) is 3.19. The summed E-state index contributed by atoms with van der Waals surface area (Å²) >= 11 is 6.48. The summed E-state index contributed by atoms with van der Waals surface area (Å²) < 4.78 is 32.1. The topological polar surface area (TPSA) is 81.9 Å². The highest BCUT2D eigenvalue weighted by Crippen LogP contribution is 2.39. The van der Waals surface area contributed by atoms with Crippen molar-refractivity contribution in [3.8, 4) is 16.9 Å². The quantitative estimate of drug-likeness (QED) is 0.339. The van der Waals surface area contributed by atoms with Gasteiger partial charge in [-0.1, -0.05) is 11.8 Å². The smallest absolute Gasteiger partial charge is 0.420 e. The van der Waals surface area contributed by atoms with E-state index in [9.17, 15) is 13.6 Å². The zero-order valence-corrected chi connectivity index (χ0v) is 19.4. The number of anilines is 1. The monoisotopic (exact) mass is 501 g/mol. The lowest BCUT2D eigenvalue weighted by Gasteiger charge is -2.22. The van der Waals surface area contributed by atoms with Gasteiger partial charge in [0.15, 0.2) is 5.16 Å². The molecule has 2 aromatic carbocycles. The third-order valence-electron chi connectivity index (χ3n) is 5.44. The van der Waals surface area contributed by atoms with Gasteiger partial charge >= 0.3 is 5.57 Å². The lowest BCUT2D eigenvalue weighted by molar-refractivity contribution is -0.0964. The number of carbonyl (C=O) groups is 1. The van der Waals surface area contributed by atoms with Crippen LogP contribution in [0.2, 0.25) is 0 Å². The predicted octanol–water partition coefficient (Wildman–Crippen LogP) is 5.97. The molecule has 0 unspecified atom stereocenters. The molecule has 2 aromatic heterocycles. The van der Waals surface area contributed by atoms with Crippen LogP contribution in [0.3, 0.4) is 0 Å². The van der Waals surface area contributed by atoms with E-state index in [1.165, 1.54) is 30.6 Å². The minimum absolute atomic E-state index is 0.124. The number of imidazole rings is 1. The van der Waals surface area contributed by atoms with Crippen LogP contribution in [-0.2, 0) is 0 Å². The Kier molecular flexibility index (Phi) is 5.86. The minimum Gasteiger partial charge on any atom is -0.420 e. The summed E-state index contributed by atoms with van der Waals surface area (Å²) in [5, 5.41) is 3.69. The van der Waals surface area contributed by atoms with Gasteiger partial charge in [0.25, 0.3) is 5.91 Å². The first kappa shape index (κ1) is 22.5. The van der Waals surface area contributed by atoms with E-state index in [1.54, 1.807) is 36.3 Å². The molecule has 0 radical (unpaired) electrons. The first-order chi connectivity index (χ1) is 16.3. The third-order valence-corrected chi connectivity index (χ3v) is 6.50. The molecule has 0 saturated heterocycles. The second-order valence-electron chi connectivity index (χ2n) is 7.80. The molecule has 174 valence electrons. The maximum atomic E-state index is 13.1. The summed E-state index contributed by atoms with van der Waals surface area (Å²) in [4.78, 5) is 26.2. The standard InChI is InChI=1S/C23H18ClF2N5O2S/c1-13-6-7-34-22-30-19-9-14(8-18(20(19)31(13)22)15-10-27-12-28-11-15)21(32)29-16-2-4-17(5-3-16)33-23(24,25)26/h2-5,8-13H,6-7H2,1H3,(H,29,32)/t13-/m1/s1. The van der Waals surface area contributed by atoms with Crippen molar-refractivity contribution in [1.82, 2.24) is 19.5 Å². The molecule has 0 saturated carbocycles. The number of thioether (sulfide) groups is 1. The number of ether oxygens (including phenoxy) is 1. The number of carbonyl (C=O) groups excluding carboxylic acids is 1. The van der Waals surface area contributed by atoms with Gasteiger partial charge < -0.3 is 14.6 Å². The molecule has 0 fully saturated rings. The van der Waals surface area contributed by atoms with Gasteiger partial charge in [-0.3, -0.25) is 4.79 Å². The van der Waals surface area contributed by atoms with Crippen LogP contribution in [0.4, 0.5) is 14.5 Å². The molecule has 3 heterocycles. The summed E-state index contributed by atoms with van der Waals surface area (Å²) in [7, 11) is 0. The van der Waals surface area contributed by atoms with E-state index >= 15 is 0 Å². The maximum absolute atomic E-state index is 13.1. The van der Waals surface area contributed by atoms with Gasteiger partial charge in [0.05, 0.1) is 11.0 Å². The largest absolute Gasteiger partial charge is 0.487 e. The highest BCUT2D eigenvalue weighted by molar-refractivity contribution is 7.99. The molecule has 11 heteroatoms. The summed E-state index contributed by atoms with van der Waals surface area (Å²) in [6.07, 6.45) is 5.88. The van der Waals surface area contributed by atoms with Crippen molar-refractivity contribution in [2.75, 3.05) is 11.1 Å². The minimum atomic E-state index is -3.81. The third kappa shape index (κ3) is 4.55. The molecule has 34 heavy (non-hydrogen) atoms. The van der Waals surface area contributed by atoms with Gasteiger partial charge in [0.1, 0.15) is 12.1 Å². The van der Waals surface area contributed by atoms with Gasteiger partial charge in [0.2, 0.25) is 0 Å². The zero-order valence-electron chi connectivity index (χ0n) is 17.8. The predicted molar refractivity (Wildman–Crippen MR) is 127 cm³/mol. The van der Waals surface area contributed by atoms with E-state index < -0.39 is 5.57 Å². The number of alkyl halides is 3. The van der Waals surface area contributed by atoms with Crippen LogP contribution >= 0.6 is 23.4 Å². The Bertz CT molecular complexity index is 1360. The fourth-order valence-corrected chi connectivity index (χ4v) is 5.21. The normalized spacial score (nSPS) is 15.7. The Morgan fingerprint density at radius 2 is 1.97 bits per heavy atom. The van der Waals surface area contributed by atoms with Crippen LogP contribution in [0.15, 0.2) is 60.3 Å². The van der Waals surface area contributed by atoms with Crippen molar-refractivity contribution in [2.45, 2.75) is 30.1 Å². The molecular weight excluding hydrogens is 484 g/mol. The molecule has 1 N–H and O–H groups in total. The average molecular weight is 502 g/mol. The number of hydrogen-bond acceptors (Lipinski definition) is 6. The van der Waals surface area contributed by atoms with Gasteiger partial charge in [0, 0.05) is 58.2 Å². The van der Waals surface area contributed by atoms with Crippen LogP contribution in [0.25, 0.3) is 22.2 Å². The van der Waals surface area contributed by atoms with E-state index in [0.29, 0.717) is 16.8 Å². The molecule has 4 aromatic rings. The van der Waals surface area contributed by atoms with Crippen molar-refractivity contribution in [1.29, 1.82) is 0 Å². The summed E-state index contributed by atoms with van der Waals surface area (Å²) in [5.74, 6) is 0.487. The van der Waals surface area contributed by atoms with E-state index in [-0.39, 0.29) is 17.7 Å². The lowest BCUT2D eigenvalue weighted by Crippen LogP contribution is -2.16. The maximum Gasteiger partial charge on any atom is 0.487 e. The van der Waals surface area contributed by atoms with Crippen LogP contribution in [0.5, 0.6) is 5.75 Å². The molecule has 1 aliphatic heterocycles. The van der Waals surface area contributed by atoms with E-state index in [2.05, 4.69) is 31.5 Å². The number of amides is 1. The van der Waals surface area contributed by atoms with Crippen molar-refractivity contribution in [3.63, 3.8) is 0 Å². The molecule has 0 aliphatic carbocycles. The second kappa shape index (κ2) is 8.84. The van der Waals surface area contributed by atoms with Gasteiger partial charge in [-0.25, -0.2) is 15.0 Å². The lowest BCUT2D eigenvalue weighted by atomic mass is 10.0. The van der Waals surface area contributed by atoms with Crippen molar-refractivity contribution >= 4 is 46.0 Å². The first-order valence-electron chi connectivity index (χ1n) is 10.4. The number of nitrogens with zero attached hydrogens (tertiary/aromatic N) is 4. The SMILES string of the molecule is C[C@@H]1CCSc2nc3cc(C(=O)Nc4ccc(OC(F)(F)Cl)cc4)cc(-c4cncnc4)c3n21. The number of halogens is 3. The van der Waals surface area contributed by atoms with E-state index in [1.807, 2.05) is 0 Å². The molecular formula is C23H18ClF2N5O2S. The molecule has 1 atom stereocenters. The van der Waals surface area contributed by atoms with Crippen molar-refractivity contribution in [2.24, 2.45) is 0 Å². The Balaban J connectivity index is 1.52. The number of hydrogen-bond donors (Lipinski definition) is 1. The Labute approximate surface area is 202 Å². The van der Waals surface area contributed by atoms with E-state index in [4.69, 9.17) is 16.6 Å². The first-order valence-corrected chi connectivity index (χ1v) is 11.8. The Morgan fingerprint density at radius 3 is 2.68 bits per heavy atom. The molecule has 0 bridgehead atoms. The number of rotatable bonds is 5. The summed E-state index contributed by atoms with van der Waals surface area (Å²) in [6.45, 7) is 2.16. The van der Waals surface area contributed by atoms with Crippen molar-refractivity contribution in [3.05, 3.63) is 60.7 Å². The molecule has 1 aliphatic rings. The molecule has 1 amide bonds. The highest BCUT2D eigenvalue weighted by Gasteiger charge is 2.28. The van der Waals surface area contributed by atoms with Gasteiger partial charge in [-0.15, -0.1) is 8.78 Å². The van der Waals surface area contributed by atoms with Crippen LogP contribution in [-0.4, -0.2) is 36.7 Å². The molecule has 0 spiro atoms. The summed E-state index contributed by atoms with van der Waals surface area (Å²) in [5.41, 5.74) is 0.221. The van der Waals surface area contributed by atoms with Crippen LogP contribution < -0.4 is 10.1 Å². The fourth-order valence-electron chi connectivity index (χ4n) is 3.90. The highest BCUT2D eigenvalue weighted by atomic mass is 35.5. The second-order valence-corrected chi connectivity index (χ2v) is 9.30. The van der Waals surface area contributed by atoms with Crippen LogP contribution in [0, 0.1) is 0 Å². The van der Waals surface area contributed by atoms with Crippen molar-refractivity contribution < 1.29 is 18.3 Å². The molecule has 5 rings (SSSR count). The number of benzene rings is 2. The van der Waals surface area contributed by atoms with Crippen LogP contribution in [0.1, 0.15) is 29.7 Å². The number of fused-ring (bicyclic) bond motifs is 3. The number of nitrogens with one attached hydrogen (secondary N) is 1. The Hall–Kier alpha value is -3.24.